The van der Waals surface area contributed by atoms with Crippen LogP contribution in [0.25, 0.3) is 10.8 Å². The van der Waals surface area contributed by atoms with E-state index in [1.165, 1.54) is 21.6 Å². The normalized spacial score (nSPS) is 9.75. The van der Waals surface area contributed by atoms with E-state index in [-0.39, 0.29) is 0 Å². The second kappa shape index (κ2) is 6.90. The lowest BCUT2D eigenvalue weighted by atomic mass is 10.1. The van der Waals surface area contributed by atoms with Crippen LogP contribution in [0.3, 0.4) is 0 Å². The highest BCUT2D eigenvalue weighted by Crippen LogP contribution is 2.15. The summed E-state index contributed by atoms with van der Waals surface area (Å²) in [5.41, 5.74) is 6.84. The van der Waals surface area contributed by atoms with E-state index < -0.39 is 0 Å². The number of benzene rings is 2. The number of rotatable bonds is 2. The van der Waals surface area contributed by atoms with Crippen LogP contribution in [0.4, 0.5) is 0 Å². The van der Waals surface area contributed by atoms with Crippen LogP contribution in [0.1, 0.15) is 5.56 Å². The lowest BCUT2D eigenvalue weighted by Gasteiger charge is -2.03. The summed E-state index contributed by atoms with van der Waals surface area (Å²) in [7, 11) is 2.72. The summed E-state index contributed by atoms with van der Waals surface area (Å²) >= 11 is 3.53. The van der Waals surface area contributed by atoms with Gasteiger partial charge in [-0.1, -0.05) is 30.3 Å². The standard InChI is InChI=1S/C12H14NP.CH4S/c13-6-5-9-1-2-11-8-12(14)4-3-10(11)7-9;1-2/h1-4,7-8H,5-6,13-14H2;2H,1H3. The lowest BCUT2D eigenvalue weighted by molar-refractivity contribution is 0.971. The molecule has 1 atom stereocenters. The number of fused-ring (bicyclic) bond motifs is 1. The van der Waals surface area contributed by atoms with Gasteiger partial charge in [0.1, 0.15) is 0 Å². The predicted molar refractivity (Wildman–Crippen MR) is 81.0 cm³/mol. The van der Waals surface area contributed by atoms with Crippen LogP contribution >= 0.6 is 21.9 Å². The van der Waals surface area contributed by atoms with Crippen LogP contribution in [0.15, 0.2) is 36.4 Å². The molecule has 0 bridgehead atoms. The van der Waals surface area contributed by atoms with Crippen molar-refractivity contribution in [1.29, 1.82) is 0 Å². The zero-order valence-corrected chi connectivity index (χ0v) is 11.5. The monoisotopic (exact) mass is 251 g/mol. The highest BCUT2D eigenvalue weighted by atomic mass is 32.1. The summed E-state index contributed by atoms with van der Waals surface area (Å²) in [5.74, 6) is 0. The highest BCUT2D eigenvalue weighted by Gasteiger charge is 1.96. The fourth-order valence-electron chi connectivity index (χ4n) is 1.64. The third-order valence-electron chi connectivity index (χ3n) is 2.36. The summed E-state index contributed by atoms with van der Waals surface area (Å²) in [6, 6.07) is 13.0. The SMILES string of the molecule is CS.NCCc1ccc2cc(P)ccc2c1. The molecule has 0 aliphatic heterocycles. The van der Waals surface area contributed by atoms with Gasteiger partial charge in [0.2, 0.25) is 0 Å². The third-order valence-corrected chi connectivity index (χ3v) is 2.72. The van der Waals surface area contributed by atoms with Gasteiger partial charge in [0.05, 0.1) is 0 Å². The van der Waals surface area contributed by atoms with Crippen molar-refractivity contribution < 1.29 is 0 Å². The topological polar surface area (TPSA) is 26.0 Å². The molecule has 2 N–H and O–H groups in total. The lowest BCUT2D eigenvalue weighted by Crippen LogP contribution is -2.02. The predicted octanol–water partition coefficient (Wildman–Crippen LogP) is 2.39. The molecule has 1 nitrogen and oxygen atoms in total. The van der Waals surface area contributed by atoms with Crippen molar-refractivity contribution in [2.75, 3.05) is 12.8 Å². The smallest absolute Gasteiger partial charge is 0.00367 e. The summed E-state index contributed by atoms with van der Waals surface area (Å²) < 4.78 is 0. The van der Waals surface area contributed by atoms with Crippen molar-refractivity contribution in [3.05, 3.63) is 42.0 Å². The molecule has 0 aromatic heterocycles. The van der Waals surface area contributed by atoms with Gasteiger partial charge in [-0.3, -0.25) is 0 Å². The van der Waals surface area contributed by atoms with Crippen LogP contribution in [0.2, 0.25) is 0 Å². The van der Waals surface area contributed by atoms with Gasteiger partial charge in [0, 0.05) is 0 Å². The first-order chi connectivity index (χ1) is 7.79. The fourth-order valence-corrected chi connectivity index (χ4v) is 1.91. The molecule has 0 fully saturated rings. The Balaban J connectivity index is 0.000000606. The number of hydrogen-bond acceptors (Lipinski definition) is 2. The van der Waals surface area contributed by atoms with Gasteiger partial charge in [0.15, 0.2) is 0 Å². The summed E-state index contributed by atoms with van der Waals surface area (Å²) in [4.78, 5) is 0. The molecule has 3 heteroatoms. The van der Waals surface area contributed by atoms with Crippen LogP contribution in [0.5, 0.6) is 0 Å². The van der Waals surface area contributed by atoms with Gasteiger partial charge in [-0.2, -0.15) is 12.6 Å². The van der Waals surface area contributed by atoms with Crippen LogP contribution in [0, 0.1) is 0 Å². The first-order valence-corrected chi connectivity index (χ1v) is 6.70. The Morgan fingerprint density at radius 2 is 1.69 bits per heavy atom. The molecule has 0 aliphatic carbocycles. The van der Waals surface area contributed by atoms with Gasteiger partial charge in [-0.05, 0) is 46.9 Å². The maximum absolute atomic E-state index is 5.53. The van der Waals surface area contributed by atoms with Crippen molar-refractivity contribution >= 4 is 37.9 Å². The fraction of sp³-hybridized carbons (Fsp3) is 0.231. The van der Waals surface area contributed by atoms with Gasteiger partial charge in [0.25, 0.3) is 0 Å². The van der Waals surface area contributed by atoms with Crippen molar-refractivity contribution in [2.45, 2.75) is 6.42 Å². The minimum absolute atomic E-state index is 0.715. The average molecular weight is 251 g/mol. The molecule has 0 spiro atoms. The first-order valence-electron chi connectivity index (χ1n) is 5.22. The van der Waals surface area contributed by atoms with E-state index in [4.69, 9.17) is 5.73 Å². The molecule has 0 heterocycles. The molecule has 2 rings (SSSR count). The van der Waals surface area contributed by atoms with E-state index in [0.717, 1.165) is 6.42 Å². The molecule has 2 aromatic carbocycles. The maximum atomic E-state index is 5.53. The molecule has 0 radical (unpaired) electrons. The number of thiol groups is 1. The molecular formula is C13H18NPS. The summed E-state index contributed by atoms with van der Waals surface area (Å²) in [6.45, 7) is 0.715. The van der Waals surface area contributed by atoms with Crippen LogP contribution in [-0.2, 0) is 6.42 Å². The Morgan fingerprint density at radius 1 is 1.06 bits per heavy atom. The Kier molecular flexibility index (Phi) is 5.83. The minimum atomic E-state index is 0.715. The second-order valence-electron chi connectivity index (χ2n) is 3.48. The van der Waals surface area contributed by atoms with Crippen molar-refractivity contribution in [1.82, 2.24) is 0 Å². The first kappa shape index (κ1) is 13.5. The second-order valence-corrected chi connectivity index (χ2v) is 4.15. The maximum Gasteiger partial charge on any atom is -0.00367 e. The molecule has 86 valence electrons. The van der Waals surface area contributed by atoms with Crippen molar-refractivity contribution in [3.8, 4) is 0 Å². The quantitative estimate of drug-likeness (QED) is 0.622. The molecule has 1 unspecified atom stereocenters. The van der Waals surface area contributed by atoms with Crippen molar-refractivity contribution in [3.63, 3.8) is 0 Å². The Bertz CT molecular complexity index is 457. The van der Waals surface area contributed by atoms with E-state index in [2.05, 4.69) is 58.3 Å². The van der Waals surface area contributed by atoms with Crippen LogP contribution < -0.4 is 11.0 Å². The Morgan fingerprint density at radius 3 is 2.38 bits per heavy atom. The molecule has 0 amide bonds. The zero-order chi connectivity index (χ0) is 12.0. The van der Waals surface area contributed by atoms with Gasteiger partial charge >= 0.3 is 0 Å². The van der Waals surface area contributed by atoms with E-state index in [1.54, 1.807) is 6.26 Å². The van der Waals surface area contributed by atoms with E-state index in [9.17, 15) is 0 Å². The molecule has 0 saturated heterocycles. The molecule has 2 aromatic rings. The third kappa shape index (κ3) is 3.48. The minimum Gasteiger partial charge on any atom is -0.330 e. The molecule has 0 saturated carbocycles. The zero-order valence-electron chi connectivity index (χ0n) is 9.48. The number of nitrogens with two attached hydrogens (primary N) is 1. The largest absolute Gasteiger partial charge is 0.330 e. The number of hydrogen-bond donors (Lipinski definition) is 2. The van der Waals surface area contributed by atoms with Gasteiger partial charge in [-0.25, -0.2) is 0 Å². The van der Waals surface area contributed by atoms with Gasteiger partial charge in [-0.15, -0.1) is 9.24 Å². The summed E-state index contributed by atoms with van der Waals surface area (Å²) in [5, 5.41) is 3.81. The van der Waals surface area contributed by atoms with Crippen molar-refractivity contribution in [2.24, 2.45) is 5.73 Å². The van der Waals surface area contributed by atoms with E-state index in [1.807, 2.05) is 0 Å². The average Bonchev–Trinajstić information content (AvgIpc) is 2.32. The highest BCUT2D eigenvalue weighted by molar-refractivity contribution is 7.79. The Labute approximate surface area is 105 Å². The molecular weight excluding hydrogens is 233 g/mol. The molecule has 16 heavy (non-hydrogen) atoms. The van der Waals surface area contributed by atoms with E-state index >= 15 is 0 Å². The summed E-state index contributed by atoms with van der Waals surface area (Å²) in [6.07, 6.45) is 2.65. The van der Waals surface area contributed by atoms with Crippen LogP contribution in [-0.4, -0.2) is 12.8 Å². The Hall–Kier alpha value is -0.560. The van der Waals surface area contributed by atoms with E-state index in [0.29, 0.717) is 6.54 Å². The van der Waals surface area contributed by atoms with Gasteiger partial charge < -0.3 is 5.73 Å². The molecule has 0 aliphatic rings.